The van der Waals surface area contributed by atoms with Crippen molar-refractivity contribution in [2.75, 3.05) is 0 Å². The van der Waals surface area contributed by atoms with Crippen LogP contribution in [-0.2, 0) is 6.42 Å². The topological polar surface area (TPSA) is 49.6 Å². The van der Waals surface area contributed by atoms with Crippen LogP contribution in [0.2, 0.25) is 5.02 Å². The SMILES string of the molecule is N#CCc1cnc2cc(Cl)ccc2n1. The van der Waals surface area contributed by atoms with Crippen LogP contribution in [-0.4, -0.2) is 9.97 Å². The molecule has 0 aliphatic carbocycles. The molecule has 4 heteroatoms. The molecule has 1 aromatic carbocycles. The Morgan fingerprint density at radius 2 is 2.21 bits per heavy atom. The normalized spacial score (nSPS) is 10.0. The Hall–Kier alpha value is -1.66. The second-order valence-electron chi connectivity index (χ2n) is 2.83. The Morgan fingerprint density at radius 3 is 3.00 bits per heavy atom. The molecular formula is C10H6ClN3. The molecule has 68 valence electrons. The van der Waals surface area contributed by atoms with Crippen molar-refractivity contribution >= 4 is 22.6 Å². The third-order valence-electron chi connectivity index (χ3n) is 1.81. The van der Waals surface area contributed by atoms with Crippen molar-refractivity contribution in [3.8, 4) is 6.07 Å². The van der Waals surface area contributed by atoms with Crippen LogP contribution in [0, 0.1) is 11.3 Å². The van der Waals surface area contributed by atoms with Crippen LogP contribution < -0.4 is 0 Å². The zero-order chi connectivity index (χ0) is 9.97. The number of fused-ring (bicyclic) bond motifs is 1. The first-order valence-corrected chi connectivity index (χ1v) is 4.45. The van der Waals surface area contributed by atoms with E-state index in [-0.39, 0.29) is 6.42 Å². The van der Waals surface area contributed by atoms with E-state index in [4.69, 9.17) is 16.9 Å². The van der Waals surface area contributed by atoms with Gasteiger partial charge in [0, 0.05) is 5.02 Å². The third kappa shape index (κ3) is 1.66. The predicted molar refractivity (Wildman–Crippen MR) is 53.9 cm³/mol. The lowest BCUT2D eigenvalue weighted by atomic mass is 10.3. The Balaban J connectivity index is 2.57. The standard InChI is InChI=1S/C10H6ClN3/c11-7-1-2-9-10(5-7)13-6-8(14-9)3-4-12/h1-2,5-6H,3H2. The second kappa shape index (κ2) is 3.60. The summed E-state index contributed by atoms with van der Waals surface area (Å²) in [7, 11) is 0. The van der Waals surface area contributed by atoms with Crippen LogP contribution >= 0.6 is 11.6 Å². The minimum Gasteiger partial charge on any atom is -0.253 e. The predicted octanol–water partition coefficient (Wildman–Crippen LogP) is 2.35. The summed E-state index contributed by atoms with van der Waals surface area (Å²) in [6.45, 7) is 0. The van der Waals surface area contributed by atoms with Gasteiger partial charge in [0.15, 0.2) is 0 Å². The third-order valence-corrected chi connectivity index (χ3v) is 2.05. The number of hydrogen-bond acceptors (Lipinski definition) is 3. The van der Waals surface area contributed by atoms with Crippen LogP contribution in [0.1, 0.15) is 5.69 Å². The first-order valence-electron chi connectivity index (χ1n) is 4.08. The molecule has 3 nitrogen and oxygen atoms in total. The molecule has 2 rings (SSSR count). The van der Waals surface area contributed by atoms with Gasteiger partial charge in [-0.15, -0.1) is 0 Å². The average Bonchev–Trinajstić information content (AvgIpc) is 2.19. The monoisotopic (exact) mass is 203 g/mol. The van der Waals surface area contributed by atoms with Gasteiger partial charge in [0.25, 0.3) is 0 Å². The quantitative estimate of drug-likeness (QED) is 0.715. The Kier molecular flexibility index (Phi) is 2.30. The fraction of sp³-hybridized carbons (Fsp3) is 0.100. The van der Waals surface area contributed by atoms with Gasteiger partial charge in [-0.2, -0.15) is 5.26 Å². The first kappa shape index (κ1) is 8.92. The van der Waals surface area contributed by atoms with E-state index in [9.17, 15) is 0 Å². The lowest BCUT2D eigenvalue weighted by Crippen LogP contribution is -1.91. The van der Waals surface area contributed by atoms with Gasteiger partial charge >= 0.3 is 0 Å². The van der Waals surface area contributed by atoms with Crippen molar-refractivity contribution in [1.29, 1.82) is 5.26 Å². The lowest BCUT2D eigenvalue weighted by molar-refractivity contribution is 1.11. The minimum absolute atomic E-state index is 0.283. The molecule has 0 unspecified atom stereocenters. The maximum Gasteiger partial charge on any atom is 0.0901 e. The molecule has 0 amide bonds. The van der Waals surface area contributed by atoms with Crippen LogP contribution in [0.15, 0.2) is 24.4 Å². The Bertz CT molecular complexity index is 516. The molecule has 0 N–H and O–H groups in total. The van der Waals surface area contributed by atoms with Crippen LogP contribution in [0.5, 0.6) is 0 Å². The van der Waals surface area contributed by atoms with Crippen molar-refractivity contribution in [1.82, 2.24) is 9.97 Å². The zero-order valence-corrected chi connectivity index (χ0v) is 7.99. The van der Waals surface area contributed by atoms with E-state index in [0.29, 0.717) is 10.7 Å². The van der Waals surface area contributed by atoms with Gasteiger partial charge < -0.3 is 0 Å². The van der Waals surface area contributed by atoms with Gasteiger partial charge in [-0.3, -0.25) is 4.98 Å². The highest BCUT2D eigenvalue weighted by atomic mass is 35.5. The van der Waals surface area contributed by atoms with Crippen molar-refractivity contribution in [3.05, 3.63) is 35.1 Å². The number of rotatable bonds is 1. The van der Waals surface area contributed by atoms with E-state index in [1.54, 1.807) is 24.4 Å². The van der Waals surface area contributed by atoms with E-state index in [0.717, 1.165) is 11.0 Å². The summed E-state index contributed by atoms with van der Waals surface area (Å²) < 4.78 is 0. The molecule has 0 aliphatic rings. The molecule has 0 radical (unpaired) electrons. The van der Waals surface area contributed by atoms with Gasteiger partial charge in [0.05, 0.1) is 35.4 Å². The van der Waals surface area contributed by atoms with Gasteiger partial charge in [-0.05, 0) is 18.2 Å². The molecule has 14 heavy (non-hydrogen) atoms. The molecule has 0 atom stereocenters. The van der Waals surface area contributed by atoms with Gasteiger partial charge in [-0.1, -0.05) is 11.6 Å². The molecule has 0 bridgehead atoms. The summed E-state index contributed by atoms with van der Waals surface area (Å²) in [5.41, 5.74) is 2.20. The zero-order valence-electron chi connectivity index (χ0n) is 7.24. The average molecular weight is 204 g/mol. The molecular weight excluding hydrogens is 198 g/mol. The van der Waals surface area contributed by atoms with Gasteiger partial charge in [-0.25, -0.2) is 4.98 Å². The molecule has 1 heterocycles. The van der Waals surface area contributed by atoms with E-state index in [1.165, 1.54) is 0 Å². The molecule has 0 saturated carbocycles. The highest BCUT2D eigenvalue weighted by molar-refractivity contribution is 6.31. The minimum atomic E-state index is 0.283. The summed E-state index contributed by atoms with van der Waals surface area (Å²) in [6.07, 6.45) is 1.88. The number of benzene rings is 1. The van der Waals surface area contributed by atoms with Crippen LogP contribution in [0.4, 0.5) is 0 Å². The fourth-order valence-electron chi connectivity index (χ4n) is 1.19. The molecule has 2 aromatic rings. The van der Waals surface area contributed by atoms with E-state index in [2.05, 4.69) is 9.97 Å². The largest absolute Gasteiger partial charge is 0.253 e. The number of aromatic nitrogens is 2. The van der Waals surface area contributed by atoms with Gasteiger partial charge in [0.1, 0.15) is 0 Å². The number of hydrogen-bond donors (Lipinski definition) is 0. The Labute approximate surface area is 86.0 Å². The van der Waals surface area contributed by atoms with Crippen LogP contribution in [0.3, 0.4) is 0 Å². The molecule has 0 saturated heterocycles. The maximum atomic E-state index is 8.50. The summed E-state index contributed by atoms with van der Waals surface area (Å²) in [4.78, 5) is 8.42. The smallest absolute Gasteiger partial charge is 0.0901 e. The summed E-state index contributed by atoms with van der Waals surface area (Å²) >= 11 is 5.80. The maximum absolute atomic E-state index is 8.50. The lowest BCUT2D eigenvalue weighted by Gasteiger charge is -1.98. The summed E-state index contributed by atoms with van der Waals surface area (Å²) in [5, 5.41) is 9.14. The number of nitriles is 1. The molecule has 0 aliphatic heterocycles. The number of nitrogens with zero attached hydrogens (tertiary/aromatic N) is 3. The fourth-order valence-corrected chi connectivity index (χ4v) is 1.35. The van der Waals surface area contributed by atoms with Crippen molar-refractivity contribution < 1.29 is 0 Å². The van der Waals surface area contributed by atoms with E-state index in [1.807, 2.05) is 6.07 Å². The highest BCUT2D eigenvalue weighted by Gasteiger charge is 1.99. The number of halogens is 1. The molecule has 1 aromatic heterocycles. The van der Waals surface area contributed by atoms with Crippen molar-refractivity contribution in [2.24, 2.45) is 0 Å². The van der Waals surface area contributed by atoms with E-state index < -0.39 is 0 Å². The van der Waals surface area contributed by atoms with Crippen molar-refractivity contribution in [3.63, 3.8) is 0 Å². The summed E-state index contributed by atoms with van der Waals surface area (Å²) in [5.74, 6) is 0. The molecule has 0 spiro atoms. The summed E-state index contributed by atoms with van der Waals surface area (Å²) in [6, 6.07) is 7.34. The Morgan fingerprint density at radius 1 is 1.36 bits per heavy atom. The van der Waals surface area contributed by atoms with E-state index >= 15 is 0 Å². The second-order valence-corrected chi connectivity index (χ2v) is 3.27. The highest BCUT2D eigenvalue weighted by Crippen LogP contribution is 2.15. The van der Waals surface area contributed by atoms with Crippen LogP contribution in [0.25, 0.3) is 11.0 Å². The first-order chi connectivity index (χ1) is 6.79. The van der Waals surface area contributed by atoms with Gasteiger partial charge in [0.2, 0.25) is 0 Å². The van der Waals surface area contributed by atoms with Crippen molar-refractivity contribution in [2.45, 2.75) is 6.42 Å². The molecule has 0 fully saturated rings.